The number of hydrazone groups is 1. The third-order valence-corrected chi connectivity index (χ3v) is 5.31. The van der Waals surface area contributed by atoms with Gasteiger partial charge in [-0.2, -0.15) is 5.10 Å². The fourth-order valence-corrected chi connectivity index (χ4v) is 4.55. The predicted molar refractivity (Wildman–Crippen MR) is 119 cm³/mol. The summed E-state index contributed by atoms with van der Waals surface area (Å²) in [6, 6.07) is 9.52. The largest absolute Gasteiger partial charge is 0.489 e. The molecule has 0 unspecified atom stereocenters. The van der Waals surface area contributed by atoms with E-state index in [2.05, 4.69) is 55.7 Å². The van der Waals surface area contributed by atoms with Crippen molar-refractivity contribution in [2.75, 3.05) is 0 Å². The van der Waals surface area contributed by atoms with Crippen LogP contribution >= 0.6 is 68.4 Å². The highest BCUT2D eigenvalue weighted by Gasteiger charge is 2.10. The van der Waals surface area contributed by atoms with Crippen LogP contribution < -0.4 is 10.2 Å². The zero-order valence-corrected chi connectivity index (χ0v) is 18.9. The van der Waals surface area contributed by atoms with Crippen LogP contribution in [-0.2, 0) is 6.54 Å². The first-order valence-corrected chi connectivity index (χ1v) is 10.1. The first-order chi connectivity index (χ1) is 11.4. The molecule has 0 spiro atoms. The molecule has 3 nitrogen and oxygen atoms in total. The lowest BCUT2D eigenvalue weighted by molar-refractivity contribution is 0.239. The monoisotopic (exact) mass is 588 g/mol. The Bertz CT molecular complexity index is 708. The highest BCUT2D eigenvalue weighted by molar-refractivity contribution is 14.1. The zero-order chi connectivity index (χ0) is 17.7. The highest BCUT2D eigenvalue weighted by Crippen LogP contribution is 2.29. The van der Waals surface area contributed by atoms with E-state index in [9.17, 15) is 0 Å². The van der Waals surface area contributed by atoms with E-state index in [0.29, 0.717) is 16.6 Å². The average Bonchev–Trinajstić information content (AvgIpc) is 2.49. The van der Waals surface area contributed by atoms with Crippen LogP contribution in [0.15, 0.2) is 35.4 Å². The minimum Gasteiger partial charge on any atom is -0.489 e. The molecule has 7 heteroatoms. The van der Waals surface area contributed by atoms with Gasteiger partial charge in [-0.05, 0) is 88.9 Å². The van der Waals surface area contributed by atoms with E-state index < -0.39 is 0 Å². The quantitative estimate of drug-likeness (QED) is 0.251. The highest BCUT2D eigenvalue weighted by atomic mass is 127. The van der Waals surface area contributed by atoms with E-state index in [-0.39, 0.29) is 6.10 Å². The Hall–Kier alpha value is -0.250. The summed E-state index contributed by atoms with van der Waals surface area (Å²) in [7, 11) is 0. The van der Waals surface area contributed by atoms with E-state index >= 15 is 0 Å². The van der Waals surface area contributed by atoms with Crippen LogP contribution in [0.4, 0.5) is 0 Å². The summed E-state index contributed by atoms with van der Waals surface area (Å²) in [5.41, 5.74) is 4.82. The van der Waals surface area contributed by atoms with Gasteiger partial charge in [0.2, 0.25) is 0 Å². The van der Waals surface area contributed by atoms with Crippen molar-refractivity contribution >= 4 is 74.6 Å². The van der Waals surface area contributed by atoms with Crippen molar-refractivity contribution in [3.63, 3.8) is 0 Å². The third kappa shape index (κ3) is 5.64. The van der Waals surface area contributed by atoms with Gasteiger partial charge in [-0.15, -0.1) is 0 Å². The molecule has 24 heavy (non-hydrogen) atoms. The Balaban J connectivity index is 2.05. The second-order valence-electron chi connectivity index (χ2n) is 5.27. The van der Waals surface area contributed by atoms with Crippen LogP contribution in [0.1, 0.15) is 25.0 Å². The zero-order valence-electron chi connectivity index (χ0n) is 13.1. The second-order valence-corrected chi connectivity index (χ2v) is 8.41. The Morgan fingerprint density at radius 3 is 2.29 bits per heavy atom. The van der Waals surface area contributed by atoms with Gasteiger partial charge in [-0.25, -0.2) is 0 Å². The molecule has 0 heterocycles. The number of benzene rings is 2. The molecule has 0 radical (unpaired) electrons. The van der Waals surface area contributed by atoms with Gasteiger partial charge in [0.1, 0.15) is 5.75 Å². The Labute approximate surface area is 179 Å². The molecule has 0 aliphatic rings. The van der Waals surface area contributed by atoms with E-state index in [1.807, 2.05) is 44.2 Å². The lowest BCUT2D eigenvalue weighted by Gasteiger charge is -2.14. The smallest absolute Gasteiger partial charge is 0.146 e. The Kier molecular flexibility index (Phi) is 7.90. The lowest BCUT2D eigenvalue weighted by Crippen LogP contribution is -2.09. The van der Waals surface area contributed by atoms with Crippen molar-refractivity contribution in [2.24, 2.45) is 5.10 Å². The maximum Gasteiger partial charge on any atom is 0.146 e. The Morgan fingerprint density at radius 2 is 1.75 bits per heavy atom. The van der Waals surface area contributed by atoms with Crippen LogP contribution in [-0.4, -0.2) is 12.3 Å². The van der Waals surface area contributed by atoms with Crippen LogP contribution in [0, 0.1) is 7.14 Å². The number of rotatable bonds is 6. The van der Waals surface area contributed by atoms with E-state index in [1.165, 1.54) is 0 Å². The van der Waals surface area contributed by atoms with Crippen LogP contribution in [0.5, 0.6) is 5.75 Å². The number of ether oxygens (including phenoxy) is 1. The van der Waals surface area contributed by atoms with Crippen molar-refractivity contribution in [3.8, 4) is 5.75 Å². The van der Waals surface area contributed by atoms with Gasteiger partial charge in [0.25, 0.3) is 0 Å². The summed E-state index contributed by atoms with van der Waals surface area (Å²) in [6.07, 6.45) is 1.92. The first-order valence-electron chi connectivity index (χ1n) is 7.23. The molecule has 0 bridgehead atoms. The molecular formula is C17H16Cl2I2N2O. The molecule has 128 valence electrons. The van der Waals surface area contributed by atoms with Gasteiger partial charge in [0, 0.05) is 15.6 Å². The van der Waals surface area contributed by atoms with Crippen molar-refractivity contribution < 1.29 is 4.74 Å². The van der Waals surface area contributed by atoms with Crippen molar-refractivity contribution in [1.82, 2.24) is 5.43 Å². The first kappa shape index (κ1) is 20.1. The van der Waals surface area contributed by atoms with E-state index in [0.717, 1.165) is 24.0 Å². The SMILES string of the molecule is CC(C)Oc1c(I)cc(/C=N/NCc2c(Cl)cccc2Cl)cc1I. The summed E-state index contributed by atoms with van der Waals surface area (Å²) >= 11 is 16.8. The summed E-state index contributed by atoms with van der Waals surface area (Å²) < 4.78 is 7.95. The van der Waals surface area contributed by atoms with Crippen molar-refractivity contribution in [2.45, 2.75) is 26.5 Å². The van der Waals surface area contributed by atoms with Crippen LogP contribution in [0.25, 0.3) is 0 Å². The van der Waals surface area contributed by atoms with Gasteiger partial charge >= 0.3 is 0 Å². The third-order valence-electron chi connectivity index (χ3n) is 3.00. The van der Waals surface area contributed by atoms with Crippen molar-refractivity contribution in [1.29, 1.82) is 0 Å². The maximum absolute atomic E-state index is 6.13. The average molecular weight is 589 g/mol. The Morgan fingerprint density at radius 1 is 1.17 bits per heavy atom. The number of nitrogens with zero attached hydrogens (tertiary/aromatic N) is 1. The molecule has 0 saturated heterocycles. The number of nitrogens with one attached hydrogen (secondary N) is 1. The molecule has 1 N–H and O–H groups in total. The summed E-state index contributed by atoms with van der Waals surface area (Å²) in [5, 5.41) is 5.51. The van der Waals surface area contributed by atoms with Gasteiger partial charge < -0.3 is 10.2 Å². The number of hydrogen-bond acceptors (Lipinski definition) is 3. The predicted octanol–water partition coefficient (Wildman–Crippen LogP) is 6.11. The molecule has 2 aromatic carbocycles. The van der Waals surface area contributed by atoms with Gasteiger partial charge in [0.15, 0.2) is 0 Å². The topological polar surface area (TPSA) is 33.6 Å². The van der Waals surface area contributed by atoms with Gasteiger partial charge in [0.05, 0.1) is 26.0 Å². The standard InChI is InChI=1S/C17H16Cl2I2N2O/c1-10(2)24-17-15(20)6-11(7-16(17)21)8-22-23-9-12-13(18)4-3-5-14(12)19/h3-8,10,23H,9H2,1-2H3/b22-8+. The second kappa shape index (κ2) is 9.45. The fraction of sp³-hybridized carbons (Fsp3) is 0.235. The molecule has 0 fully saturated rings. The molecule has 2 aromatic rings. The lowest BCUT2D eigenvalue weighted by atomic mass is 10.2. The molecule has 0 atom stereocenters. The molecule has 0 aromatic heterocycles. The molecular weight excluding hydrogens is 573 g/mol. The van der Waals surface area contributed by atoms with Crippen LogP contribution in [0.3, 0.4) is 0 Å². The minimum atomic E-state index is 0.147. The number of halogens is 4. The summed E-state index contributed by atoms with van der Waals surface area (Å²) in [6.45, 7) is 4.51. The molecule has 0 aliphatic carbocycles. The van der Waals surface area contributed by atoms with Crippen molar-refractivity contribution in [3.05, 3.63) is 58.6 Å². The minimum absolute atomic E-state index is 0.147. The van der Waals surface area contributed by atoms with E-state index in [4.69, 9.17) is 27.9 Å². The van der Waals surface area contributed by atoms with Gasteiger partial charge in [-0.1, -0.05) is 29.3 Å². The number of hydrogen-bond donors (Lipinski definition) is 1. The maximum atomic E-state index is 6.13. The van der Waals surface area contributed by atoms with Crippen LogP contribution in [0.2, 0.25) is 10.0 Å². The molecule has 0 amide bonds. The molecule has 0 saturated carbocycles. The normalized spacial score (nSPS) is 11.3. The fourth-order valence-electron chi connectivity index (χ4n) is 1.95. The summed E-state index contributed by atoms with van der Waals surface area (Å²) in [5.74, 6) is 0.916. The van der Waals surface area contributed by atoms with Gasteiger partial charge in [-0.3, -0.25) is 0 Å². The molecule has 2 rings (SSSR count). The molecule has 0 aliphatic heterocycles. The summed E-state index contributed by atoms with van der Waals surface area (Å²) in [4.78, 5) is 0. The van der Waals surface area contributed by atoms with E-state index in [1.54, 1.807) is 6.21 Å².